The van der Waals surface area contributed by atoms with Crippen LogP contribution >= 0.6 is 0 Å². The highest BCUT2D eigenvalue weighted by Crippen LogP contribution is 2.27. The number of rotatable bonds is 6. The van der Waals surface area contributed by atoms with Gasteiger partial charge in [-0.3, -0.25) is 9.59 Å². The Morgan fingerprint density at radius 2 is 2.28 bits per heavy atom. The summed E-state index contributed by atoms with van der Waals surface area (Å²) in [4.78, 5) is 22.7. The number of nitrogens with two attached hydrogens (primary N) is 1. The van der Waals surface area contributed by atoms with E-state index in [2.05, 4.69) is 5.32 Å². The molecule has 0 aromatic carbocycles. The van der Waals surface area contributed by atoms with Crippen molar-refractivity contribution in [3.8, 4) is 0 Å². The quantitative estimate of drug-likeness (QED) is 0.621. The molecule has 1 saturated heterocycles. The number of carbonyl (C=O) groups excluding carboxylic acids is 1. The monoisotopic (exact) mass is 258 g/mol. The van der Waals surface area contributed by atoms with Crippen LogP contribution in [0.3, 0.4) is 0 Å². The highest BCUT2D eigenvalue weighted by Gasteiger charge is 2.44. The molecular weight excluding hydrogens is 236 g/mol. The number of carbonyl (C=O) groups is 2. The predicted octanol–water partition coefficient (Wildman–Crippen LogP) is -0.0327. The normalized spacial score (nSPS) is 28.9. The lowest BCUT2D eigenvalue weighted by molar-refractivity contribution is -0.138. The molecule has 6 nitrogen and oxygen atoms in total. The van der Waals surface area contributed by atoms with Crippen LogP contribution in [-0.4, -0.2) is 42.8 Å². The molecule has 4 N–H and O–H groups in total. The Labute approximate surface area is 107 Å². The number of ether oxygens (including phenoxy) is 1. The second-order valence-electron chi connectivity index (χ2n) is 5.12. The average Bonchev–Trinajstić information content (AvgIpc) is 2.65. The summed E-state index contributed by atoms with van der Waals surface area (Å²) in [6, 6.07) is -0.308. The fourth-order valence-electron chi connectivity index (χ4n) is 1.97. The van der Waals surface area contributed by atoms with Crippen molar-refractivity contribution >= 4 is 11.9 Å². The third kappa shape index (κ3) is 3.43. The minimum atomic E-state index is -0.844. The number of carboxylic acid groups (broad SMARTS) is 1. The van der Waals surface area contributed by atoms with Crippen molar-refractivity contribution in [1.29, 1.82) is 0 Å². The molecule has 3 unspecified atom stereocenters. The van der Waals surface area contributed by atoms with Crippen LogP contribution in [0.4, 0.5) is 0 Å². The van der Waals surface area contributed by atoms with Crippen LogP contribution in [-0.2, 0) is 14.3 Å². The molecule has 0 aromatic rings. The van der Waals surface area contributed by atoms with E-state index < -0.39 is 11.4 Å². The van der Waals surface area contributed by atoms with Gasteiger partial charge in [-0.05, 0) is 12.8 Å². The summed E-state index contributed by atoms with van der Waals surface area (Å²) in [6.45, 7) is 4.75. The van der Waals surface area contributed by atoms with E-state index in [4.69, 9.17) is 15.6 Å². The maximum absolute atomic E-state index is 12.1. The van der Waals surface area contributed by atoms with Crippen molar-refractivity contribution < 1.29 is 19.4 Å². The number of hydrogen-bond donors (Lipinski definition) is 3. The number of amides is 1. The molecule has 1 amide bonds. The lowest BCUT2D eigenvalue weighted by Crippen LogP contribution is -2.50. The molecule has 6 heteroatoms. The summed E-state index contributed by atoms with van der Waals surface area (Å²) in [5.41, 5.74) is 5.15. The van der Waals surface area contributed by atoms with Gasteiger partial charge in [-0.25, -0.2) is 0 Å². The zero-order valence-corrected chi connectivity index (χ0v) is 10.9. The summed E-state index contributed by atoms with van der Waals surface area (Å²) < 4.78 is 5.21. The highest BCUT2D eigenvalue weighted by molar-refractivity contribution is 5.83. The van der Waals surface area contributed by atoms with Gasteiger partial charge in [0.15, 0.2) is 0 Å². The molecule has 0 bridgehead atoms. The van der Waals surface area contributed by atoms with Crippen molar-refractivity contribution in [3.05, 3.63) is 0 Å². The van der Waals surface area contributed by atoms with Crippen LogP contribution in [0, 0.1) is 11.3 Å². The van der Waals surface area contributed by atoms with Gasteiger partial charge >= 0.3 is 5.97 Å². The third-order valence-corrected chi connectivity index (χ3v) is 3.63. The summed E-state index contributed by atoms with van der Waals surface area (Å²) in [6.07, 6.45) is 0.780. The van der Waals surface area contributed by atoms with Crippen LogP contribution in [0.5, 0.6) is 0 Å². The van der Waals surface area contributed by atoms with Gasteiger partial charge in [-0.1, -0.05) is 13.3 Å². The van der Waals surface area contributed by atoms with E-state index in [1.54, 1.807) is 6.92 Å². The zero-order chi connectivity index (χ0) is 13.8. The van der Waals surface area contributed by atoms with Crippen LogP contribution < -0.4 is 11.1 Å². The molecule has 1 aliphatic rings. The van der Waals surface area contributed by atoms with Gasteiger partial charge in [0.25, 0.3) is 0 Å². The van der Waals surface area contributed by atoms with Gasteiger partial charge in [0.2, 0.25) is 5.91 Å². The van der Waals surface area contributed by atoms with Crippen LogP contribution in [0.25, 0.3) is 0 Å². The fraction of sp³-hybridized carbons (Fsp3) is 0.833. The van der Waals surface area contributed by atoms with Gasteiger partial charge in [0, 0.05) is 19.0 Å². The topological polar surface area (TPSA) is 102 Å². The van der Waals surface area contributed by atoms with E-state index in [1.807, 2.05) is 6.92 Å². The fourth-order valence-corrected chi connectivity index (χ4v) is 1.97. The van der Waals surface area contributed by atoms with Gasteiger partial charge in [-0.2, -0.15) is 0 Å². The zero-order valence-electron chi connectivity index (χ0n) is 10.9. The second kappa shape index (κ2) is 6.15. The molecule has 0 radical (unpaired) electrons. The predicted molar refractivity (Wildman–Crippen MR) is 65.9 cm³/mol. The Kier molecular flexibility index (Phi) is 5.10. The Morgan fingerprint density at radius 1 is 1.61 bits per heavy atom. The smallest absolute Gasteiger partial charge is 0.303 e. The minimum absolute atomic E-state index is 0.0476. The second-order valence-corrected chi connectivity index (χ2v) is 5.12. The first-order valence-electron chi connectivity index (χ1n) is 6.23. The van der Waals surface area contributed by atoms with Crippen molar-refractivity contribution in [3.63, 3.8) is 0 Å². The number of nitrogens with one attached hydrogen (secondary N) is 1. The summed E-state index contributed by atoms with van der Waals surface area (Å²) in [7, 11) is 0. The van der Waals surface area contributed by atoms with Crippen molar-refractivity contribution in [1.82, 2.24) is 5.32 Å². The molecule has 18 heavy (non-hydrogen) atoms. The molecule has 0 spiro atoms. The summed E-state index contributed by atoms with van der Waals surface area (Å²) in [5, 5.41) is 11.5. The van der Waals surface area contributed by atoms with E-state index in [0.717, 1.165) is 0 Å². The molecule has 0 saturated carbocycles. The minimum Gasteiger partial charge on any atom is -0.481 e. The van der Waals surface area contributed by atoms with Crippen molar-refractivity contribution in [2.24, 2.45) is 17.1 Å². The lowest BCUT2D eigenvalue weighted by atomic mass is 9.84. The van der Waals surface area contributed by atoms with Gasteiger partial charge in [0.05, 0.1) is 18.6 Å². The lowest BCUT2D eigenvalue weighted by Gasteiger charge is -2.26. The first-order valence-corrected chi connectivity index (χ1v) is 6.23. The average molecular weight is 258 g/mol. The number of carboxylic acids is 1. The Morgan fingerprint density at radius 3 is 2.72 bits per heavy atom. The Hall–Kier alpha value is -1.14. The number of aliphatic carboxylic acids is 1. The highest BCUT2D eigenvalue weighted by atomic mass is 16.5. The Bertz CT molecular complexity index is 321. The van der Waals surface area contributed by atoms with E-state index in [0.29, 0.717) is 26.2 Å². The first-order chi connectivity index (χ1) is 8.40. The number of hydrogen-bond acceptors (Lipinski definition) is 4. The molecule has 1 rings (SSSR count). The molecule has 0 aliphatic carbocycles. The summed E-state index contributed by atoms with van der Waals surface area (Å²) >= 11 is 0. The van der Waals surface area contributed by atoms with Gasteiger partial charge < -0.3 is 20.9 Å². The van der Waals surface area contributed by atoms with E-state index in [1.165, 1.54) is 0 Å². The SMILES string of the molecule is CCC(CNC(=O)C1(C)COCC1N)CC(=O)O. The molecular formula is C12H22N2O4. The van der Waals surface area contributed by atoms with Crippen molar-refractivity contribution in [2.75, 3.05) is 19.8 Å². The van der Waals surface area contributed by atoms with Crippen LogP contribution in [0.15, 0.2) is 0 Å². The largest absolute Gasteiger partial charge is 0.481 e. The maximum atomic E-state index is 12.1. The standard InChI is InChI=1S/C12H22N2O4/c1-3-8(4-10(15)16)5-14-11(17)12(2)7-18-6-9(12)13/h8-9H,3-7,13H2,1-2H3,(H,14,17)(H,15,16). The van der Waals surface area contributed by atoms with E-state index in [-0.39, 0.29) is 24.3 Å². The first kappa shape index (κ1) is 14.9. The molecule has 104 valence electrons. The van der Waals surface area contributed by atoms with Crippen molar-refractivity contribution in [2.45, 2.75) is 32.7 Å². The molecule has 1 fully saturated rings. The van der Waals surface area contributed by atoms with Gasteiger partial charge in [-0.15, -0.1) is 0 Å². The van der Waals surface area contributed by atoms with E-state index in [9.17, 15) is 9.59 Å². The molecule has 1 aliphatic heterocycles. The van der Waals surface area contributed by atoms with Crippen LogP contribution in [0.1, 0.15) is 26.7 Å². The molecule has 1 heterocycles. The molecule has 0 aromatic heterocycles. The maximum Gasteiger partial charge on any atom is 0.303 e. The van der Waals surface area contributed by atoms with Crippen LogP contribution in [0.2, 0.25) is 0 Å². The summed E-state index contributed by atoms with van der Waals surface area (Å²) in [5.74, 6) is -1.05. The van der Waals surface area contributed by atoms with Gasteiger partial charge in [0.1, 0.15) is 0 Å². The molecule has 3 atom stereocenters. The van der Waals surface area contributed by atoms with E-state index >= 15 is 0 Å². The Balaban J connectivity index is 2.47. The third-order valence-electron chi connectivity index (χ3n) is 3.63.